The Kier molecular flexibility index (Phi) is 6.75. The maximum Gasteiger partial charge on any atom is 0.338 e. The van der Waals surface area contributed by atoms with Crippen LogP contribution in [0.3, 0.4) is 0 Å². The molecule has 0 amide bonds. The van der Waals surface area contributed by atoms with Crippen molar-refractivity contribution in [1.82, 2.24) is 0 Å². The number of methoxy groups -OCH3 is 2. The Bertz CT molecular complexity index is 1140. The number of carbonyl (C=O) groups is 1. The van der Waals surface area contributed by atoms with Crippen LogP contribution in [0, 0.1) is 5.82 Å². The highest BCUT2D eigenvalue weighted by Crippen LogP contribution is 2.44. The number of hydrogen-bond acceptors (Lipinski definition) is 6. The smallest absolute Gasteiger partial charge is 0.338 e. The van der Waals surface area contributed by atoms with Gasteiger partial charge in [-0.25, -0.2) is 9.18 Å². The lowest BCUT2D eigenvalue weighted by molar-refractivity contribution is -0.129. The quantitative estimate of drug-likeness (QED) is 0.463. The summed E-state index contributed by atoms with van der Waals surface area (Å²) in [5.74, 6) is 0.486. The number of nitrogens with one attached hydrogen (secondary N) is 1. The number of esters is 1. The lowest BCUT2D eigenvalue weighted by Gasteiger charge is -2.43. The highest BCUT2D eigenvalue weighted by molar-refractivity contribution is 5.89. The Labute approximate surface area is 198 Å². The molecule has 0 radical (unpaired) electrons. The van der Waals surface area contributed by atoms with E-state index in [9.17, 15) is 9.18 Å². The van der Waals surface area contributed by atoms with Crippen LogP contribution in [0.5, 0.6) is 11.5 Å². The van der Waals surface area contributed by atoms with Gasteiger partial charge in [0.2, 0.25) is 0 Å². The van der Waals surface area contributed by atoms with Gasteiger partial charge in [0, 0.05) is 24.9 Å². The van der Waals surface area contributed by atoms with E-state index in [0.717, 1.165) is 22.6 Å². The largest absolute Gasteiger partial charge is 0.497 e. The summed E-state index contributed by atoms with van der Waals surface area (Å²) in [6.45, 7) is 4.32. The van der Waals surface area contributed by atoms with Crippen LogP contribution in [0.2, 0.25) is 0 Å². The molecule has 7 heteroatoms. The van der Waals surface area contributed by atoms with Gasteiger partial charge in [0.25, 0.3) is 0 Å². The van der Waals surface area contributed by atoms with Crippen LogP contribution in [0.1, 0.15) is 41.4 Å². The molecule has 3 aromatic rings. The molecule has 0 saturated carbocycles. The molecule has 3 aromatic carbocycles. The molecule has 1 aliphatic heterocycles. The third kappa shape index (κ3) is 4.99. The Balaban J connectivity index is 1.54. The average Bonchev–Trinajstić information content (AvgIpc) is 2.83. The van der Waals surface area contributed by atoms with E-state index in [1.54, 1.807) is 14.2 Å². The molecule has 1 aliphatic rings. The number of benzene rings is 3. The van der Waals surface area contributed by atoms with Gasteiger partial charge in [0.15, 0.2) is 6.10 Å². The van der Waals surface area contributed by atoms with Crippen LogP contribution >= 0.6 is 0 Å². The van der Waals surface area contributed by atoms with Crippen molar-refractivity contribution >= 4 is 11.7 Å². The predicted octanol–water partition coefficient (Wildman–Crippen LogP) is 5.53. The van der Waals surface area contributed by atoms with Crippen LogP contribution in [0.25, 0.3) is 0 Å². The standard InChI is InChI=1S/C27H28FNO5/c1-27(2)25(33-26(30)18-7-9-19(28)10-8-18)24(32-4)22-15-20(11-14-23(22)34-27)29-16-17-5-12-21(31-3)13-6-17/h5-15,24-25,29H,16H2,1-4H3. The molecule has 0 bridgehead atoms. The number of hydrogen-bond donors (Lipinski definition) is 1. The Morgan fingerprint density at radius 3 is 2.38 bits per heavy atom. The van der Waals surface area contributed by atoms with E-state index < -0.39 is 29.6 Å². The number of halogens is 1. The molecular formula is C27H28FNO5. The average molecular weight is 466 g/mol. The van der Waals surface area contributed by atoms with E-state index >= 15 is 0 Å². The molecule has 2 atom stereocenters. The molecule has 34 heavy (non-hydrogen) atoms. The minimum absolute atomic E-state index is 0.257. The molecule has 4 rings (SSSR count). The van der Waals surface area contributed by atoms with Gasteiger partial charge in [-0.3, -0.25) is 0 Å². The number of rotatable bonds is 7. The van der Waals surface area contributed by atoms with E-state index in [-0.39, 0.29) is 5.56 Å². The van der Waals surface area contributed by atoms with E-state index in [2.05, 4.69) is 5.32 Å². The van der Waals surface area contributed by atoms with Crippen molar-refractivity contribution in [3.8, 4) is 11.5 Å². The van der Waals surface area contributed by atoms with E-state index in [4.69, 9.17) is 18.9 Å². The zero-order chi connectivity index (χ0) is 24.3. The van der Waals surface area contributed by atoms with Crippen molar-refractivity contribution in [2.24, 2.45) is 0 Å². The molecule has 0 aliphatic carbocycles. The summed E-state index contributed by atoms with van der Waals surface area (Å²) in [6.07, 6.45) is -1.27. The van der Waals surface area contributed by atoms with E-state index in [1.165, 1.54) is 24.3 Å². The summed E-state index contributed by atoms with van der Waals surface area (Å²) in [5, 5.41) is 3.41. The number of fused-ring (bicyclic) bond motifs is 1. The topological polar surface area (TPSA) is 66.0 Å². The second-order valence-electron chi connectivity index (χ2n) is 8.65. The van der Waals surface area contributed by atoms with Crippen LogP contribution in [0.15, 0.2) is 66.7 Å². The summed E-state index contributed by atoms with van der Waals surface area (Å²) in [6, 6.07) is 18.8. The predicted molar refractivity (Wildman–Crippen MR) is 127 cm³/mol. The first-order valence-electron chi connectivity index (χ1n) is 11.0. The lowest BCUT2D eigenvalue weighted by Crippen LogP contribution is -2.51. The monoisotopic (exact) mass is 465 g/mol. The molecule has 0 saturated heterocycles. The minimum Gasteiger partial charge on any atom is -0.497 e. The highest BCUT2D eigenvalue weighted by Gasteiger charge is 2.47. The molecule has 0 aromatic heterocycles. The number of ether oxygens (including phenoxy) is 4. The summed E-state index contributed by atoms with van der Waals surface area (Å²) in [5.41, 5.74) is 2.17. The first kappa shape index (κ1) is 23.6. The SMILES string of the molecule is COc1ccc(CNc2ccc3c(c2)C(OC)C(OC(=O)c2ccc(F)cc2)C(C)(C)O3)cc1. The molecule has 178 valence electrons. The van der Waals surface area contributed by atoms with Gasteiger partial charge < -0.3 is 24.3 Å². The van der Waals surface area contributed by atoms with Crippen LogP contribution < -0.4 is 14.8 Å². The van der Waals surface area contributed by atoms with Crippen molar-refractivity contribution in [3.63, 3.8) is 0 Å². The first-order chi connectivity index (χ1) is 16.3. The van der Waals surface area contributed by atoms with Gasteiger partial charge >= 0.3 is 5.97 Å². The van der Waals surface area contributed by atoms with Crippen LogP contribution in [-0.2, 0) is 16.0 Å². The van der Waals surface area contributed by atoms with E-state index in [0.29, 0.717) is 12.3 Å². The molecule has 2 unspecified atom stereocenters. The third-order valence-electron chi connectivity index (χ3n) is 5.87. The summed E-state index contributed by atoms with van der Waals surface area (Å²) in [7, 11) is 3.21. The molecular weight excluding hydrogens is 437 g/mol. The highest BCUT2D eigenvalue weighted by atomic mass is 19.1. The van der Waals surface area contributed by atoms with Crippen molar-refractivity contribution in [1.29, 1.82) is 0 Å². The van der Waals surface area contributed by atoms with Crippen LogP contribution in [-0.4, -0.2) is 31.9 Å². The molecule has 0 spiro atoms. The normalized spacial score (nSPS) is 18.4. The lowest BCUT2D eigenvalue weighted by atomic mass is 9.87. The Morgan fingerprint density at radius 2 is 1.74 bits per heavy atom. The van der Waals surface area contributed by atoms with Gasteiger partial charge in [0.05, 0.1) is 12.7 Å². The fourth-order valence-corrected chi connectivity index (χ4v) is 4.01. The number of anilines is 1. The fourth-order valence-electron chi connectivity index (χ4n) is 4.01. The second-order valence-corrected chi connectivity index (χ2v) is 8.65. The summed E-state index contributed by atoms with van der Waals surface area (Å²) in [4.78, 5) is 12.8. The molecule has 1 heterocycles. The van der Waals surface area contributed by atoms with Gasteiger partial charge in [-0.15, -0.1) is 0 Å². The van der Waals surface area contributed by atoms with E-state index in [1.807, 2.05) is 56.3 Å². The fraction of sp³-hybridized carbons (Fsp3) is 0.296. The van der Waals surface area contributed by atoms with Crippen molar-refractivity contribution < 1.29 is 28.1 Å². The maximum absolute atomic E-state index is 13.3. The zero-order valence-electron chi connectivity index (χ0n) is 19.6. The first-order valence-corrected chi connectivity index (χ1v) is 11.0. The van der Waals surface area contributed by atoms with Gasteiger partial charge in [-0.2, -0.15) is 0 Å². The summed E-state index contributed by atoms with van der Waals surface area (Å²) < 4.78 is 36.3. The maximum atomic E-state index is 13.3. The molecule has 6 nitrogen and oxygen atoms in total. The van der Waals surface area contributed by atoms with Gasteiger partial charge in [-0.05, 0) is 74.0 Å². The van der Waals surface area contributed by atoms with Crippen molar-refractivity contribution in [3.05, 3.63) is 89.2 Å². The Hall–Kier alpha value is -3.58. The van der Waals surface area contributed by atoms with Crippen molar-refractivity contribution in [2.45, 2.75) is 38.2 Å². The van der Waals surface area contributed by atoms with Crippen molar-refractivity contribution in [2.75, 3.05) is 19.5 Å². The van der Waals surface area contributed by atoms with Gasteiger partial charge in [-0.1, -0.05) is 12.1 Å². The molecule has 0 fully saturated rings. The van der Waals surface area contributed by atoms with Gasteiger partial charge in [0.1, 0.15) is 29.0 Å². The van der Waals surface area contributed by atoms with Crippen LogP contribution in [0.4, 0.5) is 10.1 Å². The molecule has 1 N–H and O–H groups in total. The minimum atomic E-state index is -0.846. The summed E-state index contributed by atoms with van der Waals surface area (Å²) >= 11 is 0. The zero-order valence-corrected chi connectivity index (χ0v) is 19.6. The Morgan fingerprint density at radius 1 is 1.03 bits per heavy atom. The third-order valence-corrected chi connectivity index (χ3v) is 5.87. The second kappa shape index (κ2) is 9.73. The number of carbonyl (C=O) groups excluding carboxylic acids is 1.